The van der Waals surface area contributed by atoms with E-state index in [0.29, 0.717) is 17.6 Å². The summed E-state index contributed by atoms with van der Waals surface area (Å²) >= 11 is 0. The Morgan fingerprint density at radius 2 is 1.80 bits per heavy atom. The first kappa shape index (κ1) is 17.6. The number of Topliss-reactive ketones (excluding diaryl/α,β-unsaturated/α-hetero) is 1. The maximum absolute atomic E-state index is 12.2. The molecule has 9 atom stereocenters. The van der Waals surface area contributed by atoms with Crippen LogP contribution in [0.25, 0.3) is 0 Å². The molecule has 2 heteroatoms. The molecule has 0 aromatic carbocycles. The molecule has 0 saturated heterocycles. The second kappa shape index (κ2) is 5.85. The lowest BCUT2D eigenvalue weighted by atomic mass is 9.44. The zero-order valence-corrected chi connectivity index (χ0v) is 16.1. The Kier molecular flexibility index (Phi) is 4.12. The molecule has 0 aliphatic heterocycles. The maximum Gasteiger partial charge on any atom is 0.133 e. The summed E-state index contributed by atoms with van der Waals surface area (Å²) in [6, 6.07) is 0. The normalized spacial score (nSPS) is 54.8. The van der Waals surface area contributed by atoms with E-state index in [1.165, 1.54) is 32.1 Å². The molecular weight excluding hydrogens is 308 g/mol. The van der Waals surface area contributed by atoms with E-state index < -0.39 is 0 Å². The monoisotopic (exact) mass is 342 g/mol. The molecule has 4 saturated carbocycles. The van der Waals surface area contributed by atoms with Crippen molar-refractivity contribution >= 4 is 5.78 Å². The van der Waals surface area contributed by atoms with Gasteiger partial charge in [0.25, 0.3) is 0 Å². The van der Waals surface area contributed by atoms with Gasteiger partial charge in [-0.15, -0.1) is 12.3 Å². The van der Waals surface area contributed by atoms with Crippen molar-refractivity contribution in [1.82, 2.24) is 0 Å². The molecule has 4 fully saturated rings. The van der Waals surface area contributed by atoms with Crippen molar-refractivity contribution in [2.75, 3.05) is 0 Å². The molecule has 0 heterocycles. The average Bonchev–Trinajstić information content (AvgIpc) is 2.92. The molecule has 0 amide bonds. The van der Waals surface area contributed by atoms with Crippen molar-refractivity contribution < 1.29 is 9.90 Å². The van der Waals surface area contributed by atoms with Gasteiger partial charge in [-0.3, -0.25) is 4.79 Å². The first-order valence-electron chi connectivity index (χ1n) is 10.5. The highest BCUT2D eigenvalue weighted by atomic mass is 16.3. The summed E-state index contributed by atoms with van der Waals surface area (Å²) in [7, 11) is 0. The fraction of sp³-hybridized carbons (Fsp3) is 0.870. The minimum Gasteiger partial charge on any atom is -0.392 e. The van der Waals surface area contributed by atoms with Gasteiger partial charge in [-0.25, -0.2) is 0 Å². The third-order valence-electron chi connectivity index (χ3n) is 9.42. The van der Waals surface area contributed by atoms with E-state index in [1.807, 2.05) is 6.92 Å². The SMILES string of the molecule is C#CC1C[C@@]2(C)C(CC[C@H]3[C@@H]4CC[C@H](C(C)=O)[C@@]4(C)CC[C@@H]32)CC1O. The quantitative estimate of drug-likeness (QED) is 0.715. The highest BCUT2D eigenvalue weighted by Gasteiger charge is 2.61. The second-order valence-electron chi connectivity index (χ2n) is 10.2. The third kappa shape index (κ3) is 2.38. The number of carbonyl (C=O) groups is 1. The predicted octanol–water partition coefficient (Wildman–Crippen LogP) is 4.45. The molecule has 138 valence electrons. The van der Waals surface area contributed by atoms with Crippen LogP contribution in [-0.2, 0) is 4.79 Å². The lowest BCUT2D eigenvalue weighted by Crippen LogP contribution is -2.55. The summed E-state index contributed by atoms with van der Waals surface area (Å²) < 4.78 is 0. The van der Waals surface area contributed by atoms with Gasteiger partial charge in [0.15, 0.2) is 0 Å². The third-order valence-corrected chi connectivity index (χ3v) is 9.42. The fourth-order valence-corrected chi connectivity index (χ4v) is 8.14. The summed E-state index contributed by atoms with van der Waals surface area (Å²) in [4.78, 5) is 12.2. The molecule has 0 spiro atoms. The number of hydrogen-bond donors (Lipinski definition) is 1. The molecule has 3 unspecified atom stereocenters. The summed E-state index contributed by atoms with van der Waals surface area (Å²) in [5.41, 5.74) is 0.519. The van der Waals surface area contributed by atoms with Crippen LogP contribution < -0.4 is 0 Å². The zero-order valence-electron chi connectivity index (χ0n) is 16.1. The van der Waals surface area contributed by atoms with Gasteiger partial charge in [-0.1, -0.05) is 13.8 Å². The van der Waals surface area contributed by atoms with Crippen LogP contribution in [0.15, 0.2) is 0 Å². The van der Waals surface area contributed by atoms with Crippen molar-refractivity contribution in [2.24, 2.45) is 46.3 Å². The molecule has 0 aromatic heterocycles. The molecule has 4 aliphatic rings. The molecule has 25 heavy (non-hydrogen) atoms. The lowest BCUT2D eigenvalue weighted by Gasteiger charge is -2.61. The number of fused-ring (bicyclic) bond motifs is 5. The van der Waals surface area contributed by atoms with Crippen molar-refractivity contribution in [3.8, 4) is 12.3 Å². The second-order valence-corrected chi connectivity index (χ2v) is 10.2. The number of ketones is 1. The Labute approximate surface area is 153 Å². The van der Waals surface area contributed by atoms with E-state index in [4.69, 9.17) is 6.42 Å². The van der Waals surface area contributed by atoms with Crippen LogP contribution in [-0.4, -0.2) is 17.0 Å². The van der Waals surface area contributed by atoms with E-state index in [9.17, 15) is 9.90 Å². The largest absolute Gasteiger partial charge is 0.392 e. The smallest absolute Gasteiger partial charge is 0.133 e. The molecule has 4 aliphatic carbocycles. The Hall–Kier alpha value is -0.810. The summed E-state index contributed by atoms with van der Waals surface area (Å²) in [6.07, 6.45) is 14.7. The Morgan fingerprint density at radius 3 is 2.48 bits per heavy atom. The first-order chi connectivity index (χ1) is 11.8. The van der Waals surface area contributed by atoms with Crippen molar-refractivity contribution in [1.29, 1.82) is 0 Å². The van der Waals surface area contributed by atoms with Crippen molar-refractivity contribution in [3.05, 3.63) is 0 Å². The molecule has 4 rings (SSSR count). The molecule has 0 radical (unpaired) electrons. The Bertz CT molecular complexity index is 604. The van der Waals surface area contributed by atoms with Gasteiger partial charge >= 0.3 is 0 Å². The van der Waals surface area contributed by atoms with Gasteiger partial charge in [-0.2, -0.15) is 0 Å². The molecular formula is C23H34O2. The van der Waals surface area contributed by atoms with Gasteiger partial charge in [0, 0.05) is 11.8 Å². The molecule has 2 nitrogen and oxygen atoms in total. The first-order valence-corrected chi connectivity index (χ1v) is 10.5. The lowest BCUT2D eigenvalue weighted by molar-refractivity contribution is -0.143. The molecule has 0 bridgehead atoms. The van der Waals surface area contributed by atoms with Crippen LogP contribution in [0.5, 0.6) is 0 Å². The van der Waals surface area contributed by atoms with Gasteiger partial charge in [-0.05, 0) is 92.8 Å². The minimum absolute atomic E-state index is 0.0295. The van der Waals surface area contributed by atoms with E-state index in [2.05, 4.69) is 19.8 Å². The predicted molar refractivity (Wildman–Crippen MR) is 99.6 cm³/mol. The van der Waals surface area contributed by atoms with E-state index in [-0.39, 0.29) is 28.8 Å². The summed E-state index contributed by atoms with van der Waals surface area (Å²) in [5.74, 6) is 6.46. The number of aliphatic hydroxyl groups is 1. The van der Waals surface area contributed by atoms with Crippen LogP contribution in [0, 0.1) is 58.7 Å². The number of carbonyl (C=O) groups excluding carboxylic acids is 1. The van der Waals surface area contributed by atoms with E-state index in [0.717, 1.165) is 31.1 Å². The van der Waals surface area contributed by atoms with Crippen LogP contribution in [0.2, 0.25) is 0 Å². The van der Waals surface area contributed by atoms with Gasteiger partial charge < -0.3 is 5.11 Å². The van der Waals surface area contributed by atoms with Gasteiger partial charge in [0.05, 0.1) is 6.10 Å². The van der Waals surface area contributed by atoms with Gasteiger partial charge in [0.2, 0.25) is 0 Å². The fourth-order valence-electron chi connectivity index (χ4n) is 8.14. The number of aliphatic hydroxyl groups excluding tert-OH is 1. The molecule has 1 N–H and O–H groups in total. The van der Waals surface area contributed by atoms with Crippen LogP contribution >= 0.6 is 0 Å². The number of hydrogen-bond acceptors (Lipinski definition) is 2. The maximum atomic E-state index is 12.2. The highest BCUT2D eigenvalue weighted by molar-refractivity contribution is 5.79. The average molecular weight is 343 g/mol. The van der Waals surface area contributed by atoms with Crippen molar-refractivity contribution in [3.63, 3.8) is 0 Å². The van der Waals surface area contributed by atoms with Crippen LogP contribution in [0.1, 0.15) is 72.1 Å². The number of rotatable bonds is 1. The summed E-state index contributed by atoms with van der Waals surface area (Å²) in [5, 5.41) is 10.4. The highest BCUT2D eigenvalue weighted by Crippen LogP contribution is 2.67. The summed E-state index contributed by atoms with van der Waals surface area (Å²) in [6.45, 7) is 6.70. The Morgan fingerprint density at radius 1 is 1.08 bits per heavy atom. The van der Waals surface area contributed by atoms with E-state index >= 15 is 0 Å². The standard InChI is InChI=1S/C23H34O2/c1-5-15-13-23(4)16(12-21(15)25)6-7-17-19-9-8-18(14(2)24)22(19,3)11-10-20(17)23/h1,15-21,25H,6-13H2,2-4H3/t15?,16?,17-,18+,19-,20-,21?,22+,23-/m0/s1. The van der Waals surface area contributed by atoms with Crippen LogP contribution in [0.4, 0.5) is 0 Å². The molecule has 0 aromatic rings. The van der Waals surface area contributed by atoms with Crippen LogP contribution in [0.3, 0.4) is 0 Å². The van der Waals surface area contributed by atoms with Crippen molar-refractivity contribution in [2.45, 2.75) is 78.2 Å². The number of terminal acetylenes is 1. The Balaban J connectivity index is 1.63. The van der Waals surface area contributed by atoms with Gasteiger partial charge in [0.1, 0.15) is 5.78 Å². The van der Waals surface area contributed by atoms with E-state index in [1.54, 1.807) is 0 Å². The minimum atomic E-state index is -0.304. The zero-order chi connectivity index (χ0) is 18.0. The topological polar surface area (TPSA) is 37.3 Å².